The van der Waals surface area contributed by atoms with Crippen molar-refractivity contribution in [2.45, 2.75) is 26.3 Å². The van der Waals surface area contributed by atoms with Gasteiger partial charge in [0.2, 0.25) is 0 Å². The fourth-order valence-electron chi connectivity index (χ4n) is 2.24. The first-order chi connectivity index (χ1) is 10.8. The van der Waals surface area contributed by atoms with Crippen LogP contribution < -0.4 is 10.6 Å². The summed E-state index contributed by atoms with van der Waals surface area (Å²) >= 11 is 0. The molecule has 2 rings (SSSR count). The predicted molar refractivity (Wildman–Crippen MR) is 105 cm³/mol. The average Bonchev–Trinajstić information content (AvgIpc) is 3.15. The molecule has 0 aromatic carbocycles. The Bertz CT molecular complexity index is 561. The van der Waals surface area contributed by atoms with Gasteiger partial charge in [0.15, 0.2) is 5.96 Å². The van der Waals surface area contributed by atoms with E-state index in [1.54, 1.807) is 0 Å². The highest BCUT2D eigenvalue weighted by atomic mass is 127. The zero-order valence-electron chi connectivity index (χ0n) is 13.9. The quantitative estimate of drug-likeness (QED) is 0.292. The second-order valence-electron chi connectivity index (χ2n) is 5.23. The highest BCUT2D eigenvalue weighted by Crippen LogP contribution is 2.00. The van der Waals surface area contributed by atoms with Crippen molar-refractivity contribution >= 4 is 29.9 Å². The Morgan fingerprint density at radius 3 is 2.70 bits per heavy atom. The first kappa shape index (κ1) is 19.5. The lowest BCUT2D eigenvalue weighted by molar-refractivity contribution is 0.664. The maximum Gasteiger partial charge on any atom is 0.191 e. The third-order valence-corrected chi connectivity index (χ3v) is 3.32. The van der Waals surface area contributed by atoms with E-state index in [-0.39, 0.29) is 24.0 Å². The summed E-state index contributed by atoms with van der Waals surface area (Å²) in [6.45, 7) is 5.57. The highest BCUT2D eigenvalue weighted by molar-refractivity contribution is 14.0. The molecule has 0 unspecified atom stereocenters. The third-order valence-electron chi connectivity index (χ3n) is 3.32. The summed E-state index contributed by atoms with van der Waals surface area (Å²) in [5.74, 6) is 0.890. The summed E-state index contributed by atoms with van der Waals surface area (Å²) in [5.41, 5.74) is 1.27. The number of aryl methyl sites for hydroxylation is 2. The molecule has 0 aliphatic carbocycles. The van der Waals surface area contributed by atoms with Crippen LogP contribution in [0.2, 0.25) is 0 Å². The van der Waals surface area contributed by atoms with Crippen molar-refractivity contribution in [1.29, 1.82) is 0 Å². The largest absolute Gasteiger partial charge is 0.357 e. The summed E-state index contributed by atoms with van der Waals surface area (Å²) in [6.07, 6.45) is 10.2. The van der Waals surface area contributed by atoms with Crippen LogP contribution in [0.3, 0.4) is 0 Å². The van der Waals surface area contributed by atoms with Gasteiger partial charge in [-0.15, -0.1) is 24.0 Å². The molecule has 2 heterocycles. The molecule has 2 aromatic heterocycles. The Hall–Kier alpha value is -1.51. The van der Waals surface area contributed by atoms with Crippen molar-refractivity contribution < 1.29 is 0 Å². The molecule has 0 spiro atoms. The zero-order chi connectivity index (χ0) is 15.6. The van der Waals surface area contributed by atoms with E-state index in [9.17, 15) is 0 Å². The van der Waals surface area contributed by atoms with E-state index in [1.807, 2.05) is 30.1 Å². The molecule has 0 atom stereocenters. The molecule has 6 nitrogen and oxygen atoms in total. The van der Waals surface area contributed by atoms with E-state index in [0.717, 1.165) is 45.0 Å². The molecule has 0 amide bonds. The van der Waals surface area contributed by atoms with Gasteiger partial charge in [-0.25, -0.2) is 0 Å². The molecule has 0 fully saturated rings. The molecule has 0 aliphatic heterocycles. The summed E-state index contributed by atoms with van der Waals surface area (Å²) < 4.78 is 3.99. The van der Waals surface area contributed by atoms with Gasteiger partial charge in [0, 0.05) is 51.8 Å². The minimum absolute atomic E-state index is 0. The SMILES string of the molecule is CCNC(=NCCCc1cnn(C)c1)NCCn1cccc1.I. The lowest BCUT2D eigenvalue weighted by Crippen LogP contribution is -2.38. The van der Waals surface area contributed by atoms with Crippen LogP contribution in [0.15, 0.2) is 41.9 Å². The summed E-state index contributed by atoms with van der Waals surface area (Å²) in [5, 5.41) is 10.8. The van der Waals surface area contributed by atoms with E-state index in [1.165, 1.54) is 5.56 Å². The number of halogens is 1. The van der Waals surface area contributed by atoms with Gasteiger partial charge >= 0.3 is 0 Å². The van der Waals surface area contributed by atoms with Crippen molar-refractivity contribution in [2.24, 2.45) is 12.0 Å². The van der Waals surface area contributed by atoms with E-state index >= 15 is 0 Å². The van der Waals surface area contributed by atoms with Gasteiger partial charge in [0.25, 0.3) is 0 Å². The average molecular weight is 430 g/mol. The molecule has 0 aliphatic rings. The van der Waals surface area contributed by atoms with Crippen molar-refractivity contribution in [1.82, 2.24) is 25.0 Å². The lowest BCUT2D eigenvalue weighted by Gasteiger charge is -2.11. The van der Waals surface area contributed by atoms with Crippen molar-refractivity contribution in [3.63, 3.8) is 0 Å². The fourth-order valence-corrected chi connectivity index (χ4v) is 2.24. The molecule has 2 aromatic rings. The molecular formula is C16H27IN6. The molecule has 0 saturated heterocycles. The van der Waals surface area contributed by atoms with Gasteiger partial charge in [-0.1, -0.05) is 0 Å². The molecular weight excluding hydrogens is 403 g/mol. The van der Waals surface area contributed by atoms with Crippen molar-refractivity contribution in [3.8, 4) is 0 Å². The smallest absolute Gasteiger partial charge is 0.191 e. The number of hydrogen-bond acceptors (Lipinski definition) is 2. The summed E-state index contributed by atoms with van der Waals surface area (Å²) in [6, 6.07) is 4.08. The van der Waals surface area contributed by atoms with Gasteiger partial charge in [-0.3, -0.25) is 9.67 Å². The number of nitrogens with zero attached hydrogens (tertiary/aromatic N) is 4. The van der Waals surface area contributed by atoms with Gasteiger partial charge < -0.3 is 15.2 Å². The van der Waals surface area contributed by atoms with Gasteiger partial charge in [0.1, 0.15) is 0 Å². The fraction of sp³-hybridized carbons (Fsp3) is 0.500. The standard InChI is InChI=1S/C16H26N6.HI/c1-3-17-16(19-9-12-22-10-4-5-11-22)18-8-6-7-15-13-20-21(2)14-15;/h4-5,10-11,13-14H,3,6-9,12H2,1-2H3,(H2,17,18,19);1H. The molecule has 0 saturated carbocycles. The maximum atomic E-state index is 4.61. The highest BCUT2D eigenvalue weighted by Gasteiger charge is 1.98. The monoisotopic (exact) mass is 430 g/mol. The van der Waals surface area contributed by atoms with E-state index < -0.39 is 0 Å². The Morgan fingerprint density at radius 2 is 2.04 bits per heavy atom. The Labute approximate surface area is 155 Å². The lowest BCUT2D eigenvalue weighted by atomic mass is 10.2. The Morgan fingerprint density at radius 1 is 1.26 bits per heavy atom. The molecule has 0 bridgehead atoms. The number of rotatable bonds is 8. The summed E-state index contributed by atoms with van der Waals surface area (Å²) in [7, 11) is 1.94. The van der Waals surface area contributed by atoms with Crippen molar-refractivity contribution in [3.05, 3.63) is 42.5 Å². The molecule has 23 heavy (non-hydrogen) atoms. The molecule has 2 N–H and O–H groups in total. The van der Waals surface area contributed by atoms with Gasteiger partial charge in [-0.05, 0) is 37.5 Å². The maximum absolute atomic E-state index is 4.61. The number of guanidine groups is 1. The van der Waals surface area contributed by atoms with Crippen LogP contribution >= 0.6 is 24.0 Å². The van der Waals surface area contributed by atoms with Crippen LogP contribution in [-0.2, 0) is 20.0 Å². The Kier molecular flexibility index (Phi) is 9.42. The van der Waals surface area contributed by atoms with Crippen LogP contribution in [-0.4, -0.2) is 39.9 Å². The van der Waals surface area contributed by atoms with Crippen LogP contribution in [0.25, 0.3) is 0 Å². The van der Waals surface area contributed by atoms with E-state index in [4.69, 9.17) is 0 Å². The van der Waals surface area contributed by atoms with Gasteiger partial charge in [-0.2, -0.15) is 5.10 Å². The number of aliphatic imine (C=N–C) groups is 1. The Balaban J connectivity index is 0.00000264. The number of nitrogens with one attached hydrogen (secondary N) is 2. The van der Waals surface area contributed by atoms with Crippen LogP contribution in [0.4, 0.5) is 0 Å². The first-order valence-corrected chi connectivity index (χ1v) is 7.88. The van der Waals surface area contributed by atoms with Crippen LogP contribution in [0.5, 0.6) is 0 Å². The van der Waals surface area contributed by atoms with Crippen molar-refractivity contribution in [2.75, 3.05) is 19.6 Å². The summed E-state index contributed by atoms with van der Waals surface area (Å²) in [4.78, 5) is 4.61. The van der Waals surface area contributed by atoms with Gasteiger partial charge in [0.05, 0.1) is 6.20 Å². The molecule has 128 valence electrons. The van der Waals surface area contributed by atoms with Crippen LogP contribution in [0, 0.1) is 0 Å². The van der Waals surface area contributed by atoms with E-state index in [2.05, 4.69) is 50.8 Å². The predicted octanol–water partition coefficient (Wildman–Crippen LogP) is 2.03. The van der Waals surface area contributed by atoms with Crippen LogP contribution in [0.1, 0.15) is 18.9 Å². The topological polar surface area (TPSA) is 59.2 Å². The second kappa shape index (κ2) is 11.1. The zero-order valence-corrected chi connectivity index (χ0v) is 16.2. The molecule has 0 radical (unpaired) electrons. The minimum atomic E-state index is 0. The molecule has 7 heteroatoms. The number of aromatic nitrogens is 3. The van der Waals surface area contributed by atoms with E-state index in [0.29, 0.717) is 0 Å². The number of hydrogen-bond donors (Lipinski definition) is 2. The third kappa shape index (κ3) is 7.54. The second-order valence-corrected chi connectivity index (χ2v) is 5.23. The minimum Gasteiger partial charge on any atom is -0.357 e. The first-order valence-electron chi connectivity index (χ1n) is 7.88. The normalized spacial score (nSPS) is 11.1.